The lowest BCUT2D eigenvalue weighted by atomic mass is 10.0. The van der Waals surface area contributed by atoms with Gasteiger partial charge in [0.1, 0.15) is 11.5 Å². The first-order valence-electron chi connectivity index (χ1n) is 8.46. The third-order valence-electron chi connectivity index (χ3n) is 4.34. The van der Waals surface area contributed by atoms with E-state index in [1.807, 2.05) is 24.3 Å². The molecular weight excluding hydrogens is 286 g/mol. The largest absolute Gasteiger partial charge is 0.497 e. The van der Waals surface area contributed by atoms with Crippen LogP contribution >= 0.6 is 0 Å². The molecule has 2 aromatic rings. The molecule has 2 aromatic carbocycles. The zero-order chi connectivity index (χ0) is 15.9. The highest BCUT2D eigenvalue weighted by atomic mass is 16.5. The Kier molecular flexibility index (Phi) is 5.41. The van der Waals surface area contributed by atoms with Gasteiger partial charge in [0.05, 0.1) is 13.7 Å². The number of anilines is 1. The summed E-state index contributed by atoms with van der Waals surface area (Å²) < 4.78 is 11.0. The zero-order valence-electron chi connectivity index (χ0n) is 13.8. The monoisotopic (exact) mass is 311 g/mol. The van der Waals surface area contributed by atoms with Crippen molar-refractivity contribution in [3.8, 4) is 11.5 Å². The van der Waals surface area contributed by atoms with Crippen LogP contribution in [0.3, 0.4) is 0 Å². The van der Waals surface area contributed by atoms with Gasteiger partial charge in [-0.1, -0.05) is 24.3 Å². The van der Waals surface area contributed by atoms with Gasteiger partial charge < -0.3 is 14.4 Å². The second-order valence-electron chi connectivity index (χ2n) is 5.95. The first-order valence-corrected chi connectivity index (χ1v) is 8.46. The minimum absolute atomic E-state index is 0.753. The van der Waals surface area contributed by atoms with Gasteiger partial charge >= 0.3 is 0 Å². The zero-order valence-corrected chi connectivity index (χ0v) is 13.8. The molecule has 3 heteroatoms. The third kappa shape index (κ3) is 4.19. The molecule has 0 spiro atoms. The van der Waals surface area contributed by atoms with Crippen LogP contribution in [0.25, 0.3) is 0 Å². The summed E-state index contributed by atoms with van der Waals surface area (Å²) in [7, 11) is 1.68. The summed E-state index contributed by atoms with van der Waals surface area (Å²) in [4.78, 5) is 2.52. The average Bonchev–Trinajstić information content (AvgIpc) is 2.62. The summed E-state index contributed by atoms with van der Waals surface area (Å²) in [6, 6.07) is 16.6. The van der Waals surface area contributed by atoms with E-state index >= 15 is 0 Å². The quantitative estimate of drug-likeness (QED) is 0.711. The number of nitrogens with zero attached hydrogens (tertiary/aromatic N) is 1. The van der Waals surface area contributed by atoms with Crippen LogP contribution in [0.4, 0.5) is 5.69 Å². The Balaban J connectivity index is 1.42. The van der Waals surface area contributed by atoms with Crippen LogP contribution < -0.4 is 14.4 Å². The van der Waals surface area contributed by atoms with Crippen molar-refractivity contribution >= 4 is 5.69 Å². The maximum absolute atomic E-state index is 5.81. The van der Waals surface area contributed by atoms with Crippen molar-refractivity contribution in [1.29, 1.82) is 0 Å². The molecule has 1 aliphatic heterocycles. The second kappa shape index (κ2) is 7.91. The highest BCUT2D eigenvalue weighted by molar-refractivity contribution is 5.55. The van der Waals surface area contributed by atoms with E-state index in [-0.39, 0.29) is 0 Å². The molecule has 0 saturated heterocycles. The van der Waals surface area contributed by atoms with Gasteiger partial charge in [0.15, 0.2) is 0 Å². The van der Waals surface area contributed by atoms with E-state index in [1.165, 1.54) is 30.6 Å². The van der Waals surface area contributed by atoms with E-state index in [9.17, 15) is 0 Å². The number of ether oxygens (including phenoxy) is 2. The SMILES string of the molecule is COc1cccc(OCCCCN2CCCc3ccccc32)c1. The summed E-state index contributed by atoms with van der Waals surface area (Å²) in [5.41, 5.74) is 2.92. The van der Waals surface area contributed by atoms with E-state index in [0.29, 0.717) is 0 Å². The first-order chi connectivity index (χ1) is 11.4. The summed E-state index contributed by atoms with van der Waals surface area (Å²) >= 11 is 0. The minimum Gasteiger partial charge on any atom is -0.497 e. The highest BCUT2D eigenvalue weighted by Crippen LogP contribution is 2.26. The molecule has 0 atom stereocenters. The number of fused-ring (bicyclic) bond motifs is 1. The van der Waals surface area contributed by atoms with E-state index in [2.05, 4.69) is 29.2 Å². The fourth-order valence-corrected chi connectivity index (χ4v) is 3.13. The van der Waals surface area contributed by atoms with Crippen LogP contribution in [0.2, 0.25) is 0 Å². The standard InChI is InChI=1S/C20H25NO2/c1-22-18-10-6-11-19(16-18)23-15-5-4-13-21-14-7-9-17-8-2-3-12-20(17)21/h2-3,6,8,10-12,16H,4-5,7,9,13-15H2,1H3. The van der Waals surface area contributed by atoms with Crippen LogP contribution in [-0.4, -0.2) is 26.8 Å². The lowest BCUT2D eigenvalue weighted by molar-refractivity contribution is 0.304. The topological polar surface area (TPSA) is 21.7 Å². The van der Waals surface area contributed by atoms with Crippen molar-refractivity contribution < 1.29 is 9.47 Å². The van der Waals surface area contributed by atoms with Gasteiger partial charge in [0.2, 0.25) is 0 Å². The number of hydrogen-bond acceptors (Lipinski definition) is 3. The first kappa shape index (κ1) is 15.7. The molecule has 0 saturated carbocycles. The molecule has 0 amide bonds. The predicted octanol–water partition coefficient (Wildman–Crippen LogP) is 4.31. The lowest BCUT2D eigenvalue weighted by Gasteiger charge is -2.31. The van der Waals surface area contributed by atoms with Gasteiger partial charge in [-0.15, -0.1) is 0 Å². The molecule has 23 heavy (non-hydrogen) atoms. The summed E-state index contributed by atoms with van der Waals surface area (Å²) in [5.74, 6) is 1.72. The van der Waals surface area contributed by atoms with Crippen molar-refractivity contribution in [2.24, 2.45) is 0 Å². The molecule has 0 fully saturated rings. The Bertz CT molecular complexity index is 627. The minimum atomic E-state index is 0.753. The van der Waals surface area contributed by atoms with Gasteiger partial charge in [-0.25, -0.2) is 0 Å². The molecule has 0 unspecified atom stereocenters. The average molecular weight is 311 g/mol. The molecule has 0 N–H and O–H groups in total. The lowest BCUT2D eigenvalue weighted by Crippen LogP contribution is -2.30. The van der Waals surface area contributed by atoms with Crippen LogP contribution in [0.1, 0.15) is 24.8 Å². The number of aryl methyl sites for hydroxylation is 1. The van der Waals surface area contributed by atoms with Gasteiger partial charge in [-0.2, -0.15) is 0 Å². The second-order valence-corrected chi connectivity index (χ2v) is 5.95. The molecule has 3 rings (SSSR count). The summed E-state index contributed by atoms with van der Waals surface area (Å²) in [6.07, 6.45) is 4.69. The number of benzene rings is 2. The van der Waals surface area contributed by atoms with Crippen molar-refractivity contribution in [1.82, 2.24) is 0 Å². The highest BCUT2D eigenvalue weighted by Gasteiger charge is 2.15. The van der Waals surface area contributed by atoms with Crippen molar-refractivity contribution in [3.63, 3.8) is 0 Å². The van der Waals surface area contributed by atoms with Crippen molar-refractivity contribution in [2.45, 2.75) is 25.7 Å². The van der Waals surface area contributed by atoms with E-state index in [4.69, 9.17) is 9.47 Å². The van der Waals surface area contributed by atoms with Gasteiger partial charge in [0.25, 0.3) is 0 Å². The van der Waals surface area contributed by atoms with E-state index in [1.54, 1.807) is 7.11 Å². The number of unbranched alkanes of at least 4 members (excludes halogenated alkanes) is 1. The molecule has 0 radical (unpaired) electrons. The Hall–Kier alpha value is -2.16. The molecule has 1 heterocycles. The number of para-hydroxylation sites is 1. The number of methoxy groups -OCH3 is 1. The molecule has 1 aliphatic rings. The van der Waals surface area contributed by atoms with Crippen molar-refractivity contribution in [2.75, 3.05) is 31.7 Å². The molecule has 3 nitrogen and oxygen atoms in total. The number of hydrogen-bond donors (Lipinski definition) is 0. The maximum atomic E-state index is 5.81. The van der Waals surface area contributed by atoms with Crippen LogP contribution in [0.15, 0.2) is 48.5 Å². The third-order valence-corrected chi connectivity index (χ3v) is 4.34. The summed E-state index contributed by atoms with van der Waals surface area (Å²) in [5, 5.41) is 0. The van der Waals surface area contributed by atoms with Crippen molar-refractivity contribution in [3.05, 3.63) is 54.1 Å². The van der Waals surface area contributed by atoms with E-state index < -0.39 is 0 Å². The van der Waals surface area contributed by atoms with Crippen LogP contribution in [-0.2, 0) is 6.42 Å². The summed E-state index contributed by atoms with van der Waals surface area (Å²) in [6.45, 7) is 3.04. The predicted molar refractivity (Wildman–Crippen MR) is 94.7 cm³/mol. The molecule has 122 valence electrons. The Morgan fingerprint density at radius 2 is 1.87 bits per heavy atom. The number of rotatable bonds is 7. The van der Waals surface area contributed by atoms with Gasteiger partial charge in [0, 0.05) is 24.8 Å². The van der Waals surface area contributed by atoms with Crippen LogP contribution in [0.5, 0.6) is 11.5 Å². The van der Waals surface area contributed by atoms with Gasteiger partial charge in [-0.05, 0) is 49.4 Å². The Labute approximate surface area is 138 Å². The molecule has 0 aliphatic carbocycles. The Morgan fingerprint density at radius 3 is 2.78 bits per heavy atom. The van der Waals surface area contributed by atoms with E-state index in [0.717, 1.165) is 37.5 Å². The smallest absolute Gasteiger partial charge is 0.122 e. The van der Waals surface area contributed by atoms with Crippen LogP contribution in [0, 0.1) is 0 Å². The fraction of sp³-hybridized carbons (Fsp3) is 0.400. The molecule has 0 bridgehead atoms. The fourth-order valence-electron chi connectivity index (χ4n) is 3.13. The molecular formula is C20H25NO2. The van der Waals surface area contributed by atoms with Gasteiger partial charge in [-0.3, -0.25) is 0 Å². The molecule has 0 aromatic heterocycles. The maximum Gasteiger partial charge on any atom is 0.122 e. The Morgan fingerprint density at radius 1 is 1.00 bits per heavy atom. The normalized spacial score (nSPS) is 13.5.